The second-order valence-corrected chi connectivity index (χ2v) is 5.08. The molecular weight excluding hydrogens is 287 g/mol. The average molecular weight is 303 g/mol. The van der Waals surface area contributed by atoms with Crippen LogP contribution in [0.25, 0.3) is 0 Å². The number of nitrogens with one attached hydrogen (secondary N) is 1. The summed E-state index contributed by atoms with van der Waals surface area (Å²) in [5.41, 5.74) is 0.395. The van der Waals surface area contributed by atoms with Gasteiger partial charge in [-0.05, 0) is 18.9 Å². The van der Waals surface area contributed by atoms with Gasteiger partial charge in [0.25, 0.3) is 5.69 Å². The van der Waals surface area contributed by atoms with Crippen LogP contribution in [0.3, 0.4) is 0 Å². The molecule has 2 rings (SSSR count). The Hall–Kier alpha value is -1.83. The van der Waals surface area contributed by atoms with Gasteiger partial charge in [0.05, 0.1) is 11.5 Å². The zero-order valence-electron chi connectivity index (χ0n) is 11.3. The third-order valence-corrected chi connectivity index (χ3v) is 3.45. The largest absolute Gasteiger partial charge is 0.401 e. The van der Waals surface area contributed by atoms with E-state index in [2.05, 4.69) is 5.32 Å². The number of halogens is 3. The first-order chi connectivity index (χ1) is 9.85. The van der Waals surface area contributed by atoms with E-state index in [1.54, 1.807) is 18.2 Å². The molecule has 0 radical (unpaired) electrons. The molecular formula is C13H16F3N3O2. The number of hydrogen-bond donors (Lipinski definition) is 1. The Morgan fingerprint density at radius 1 is 1.29 bits per heavy atom. The number of nitro benzene ring substituents is 1. The van der Waals surface area contributed by atoms with Crippen LogP contribution in [-0.4, -0.2) is 41.7 Å². The van der Waals surface area contributed by atoms with Crippen LogP contribution in [0, 0.1) is 10.1 Å². The van der Waals surface area contributed by atoms with Crippen LogP contribution in [0.1, 0.15) is 12.8 Å². The van der Waals surface area contributed by atoms with E-state index in [4.69, 9.17) is 0 Å². The third kappa shape index (κ3) is 4.59. The lowest BCUT2D eigenvalue weighted by molar-refractivity contribution is -0.384. The molecule has 0 atom stereocenters. The molecule has 1 heterocycles. The minimum absolute atomic E-state index is 0.0183. The minimum atomic E-state index is -4.18. The van der Waals surface area contributed by atoms with Crippen molar-refractivity contribution >= 4 is 11.4 Å². The molecule has 0 spiro atoms. The summed E-state index contributed by atoms with van der Waals surface area (Å²) in [6.45, 7) is -0.235. The SMILES string of the molecule is O=[N+]([O-])c1ccccc1NC1CCN(CC(F)(F)F)CC1. The van der Waals surface area contributed by atoms with Gasteiger partial charge in [-0.3, -0.25) is 15.0 Å². The molecule has 1 saturated heterocycles. The number of benzene rings is 1. The third-order valence-electron chi connectivity index (χ3n) is 3.45. The minimum Gasteiger partial charge on any atom is -0.377 e. The number of nitrogens with zero attached hydrogens (tertiary/aromatic N) is 2. The molecule has 1 aliphatic rings. The number of piperidine rings is 1. The van der Waals surface area contributed by atoms with Crippen LogP contribution in [0.15, 0.2) is 24.3 Å². The fourth-order valence-corrected chi connectivity index (χ4v) is 2.46. The van der Waals surface area contributed by atoms with Crippen molar-refractivity contribution in [1.29, 1.82) is 0 Å². The Labute approximate surface area is 119 Å². The fraction of sp³-hybridized carbons (Fsp3) is 0.538. The Balaban J connectivity index is 1.91. The lowest BCUT2D eigenvalue weighted by Gasteiger charge is -2.33. The Morgan fingerprint density at radius 3 is 2.48 bits per heavy atom. The van der Waals surface area contributed by atoms with Crippen LogP contribution in [0.2, 0.25) is 0 Å². The Morgan fingerprint density at radius 2 is 1.90 bits per heavy atom. The number of anilines is 1. The molecule has 1 aromatic rings. The van der Waals surface area contributed by atoms with Gasteiger partial charge in [0.1, 0.15) is 5.69 Å². The molecule has 5 nitrogen and oxygen atoms in total. The van der Waals surface area contributed by atoms with Crippen LogP contribution >= 0.6 is 0 Å². The monoisotopic (exact) mass is 303 g/mol. The van der Waals surface area contributed by atoms with E-state index in [0.717, 1.165) is 0 Å². The molecule has 1 fully saturated rings. The maximum Gasteiger partial charge on any atom is 0.401 e. The molecule has 0 bridgehead atoms. The van der Waals surface area contributed by atoms with Gasteiger partial charge in [-0.1, -0.05) is 12.1 Å². The molecule has 1 aliphatic heterocycles. The highest BCUT2D eigenvalue weighted by Crippen LogP contribution is 2.26. The highest BCUT2D eigenvalue weighted by Gasteiger charge is 2.32. The normalized spacial score (nSPS) is 17.7. The number of nitro groups is 1. The topological polar surface area (TPSA) is 58.4 Å². The number of likely N-dealkylation sites (tertiary alicyclic amines) is 1. The molecule has 0 aromatic heterocycles. The molecule has 0 amide bonds. The van der Waals surface area contributed by atoms with Crippen molar-refractivity contribution in [1.82, 2.24) is 4.90 Å². The Kier molecular flexibility index (Phi) is 4.66. The fourth-order valence-electron chi connectivity index (χ4n) is 2.46. The predicted octanol–water partition coefficient (Wildman–Crippen LogP) is 3.03. The number of para-hydroxylation sites is 2. The quantitative estimate of drug-likeness (QED) is 0.686. The molecule has 1 N–H and O–H groups in total. The Bertz CT molecular complexity index is 500. The lowest BCUT2D eigenvalue weighted by atomic mass is 10.0. The lowest BCUT2D eigenvalue weighted by Crippen LogP contribution is -2.43. The highest BCUT2D eigenvalue weighted by molar-refractivity contribution is 5.61. The van der Waals surface area contributed by atoms with Crippen LogP contribution in [-0.2, 0) is 0 Å². The van der Waals surface area contributed by atoms with E-state index in [-0.39, 0.29) is 11.7 Å². The predicted molar refractivity (Wildman–Crippen MR) is 72.2 cm³/mol. The van der Waals surface area contributed by atoms with Gasteiger partial charge in [-0.15, -0.1) is 0 Å². The first kappa shape index (κ1) is 15.6. The number of alkyl halides is 3. The molecule has 0 saturated carbocycles. The summed E-state index contributed by atoms with van der Waals surface area (Å²) in [6, 6.07) is 6.24. The summed E-state index contributed by atoms with van der Waals surface area (Å²) in [5.74, 6) is 0. The van der Waals surface area contributed by atoms with Gasteiger partial charge in [0, 0.05) is 25.2 Å². The molecule has 8 heteroatoms. The second-order valence-electron chi connectivity index (χ2n) is 5.08. The van der Waals surface area contributed by atoms with Gasteiger partial charge in [0.2, 0.25) is 0 Å². The molecule has 116 valence electrons. The van der Waals surface area contributed by atoms with Crippen molar-refractivity contribution in [3.63, 3.8) is 0 Å². The number of hydrogen-bond acceptors (Lipinski definition) is 4. The van der Waals surface area contributed by atoms with Gasteiger partial charge in [0.15, 0.2) is 0 Å². The van der Waals surface area contributed by atoms with E-state index in [1.807, 2.05) is 0 Å². The molecule has 21 heavy (non-hydrogen) atoms. The first-order valence-electron chi connectivity index (χ1n) is 6.64. The average Bonchev–Trinajstić information content (AvgIpc) is 2.40. The zero-order valence-corrected chi connectivity index (χ0v) is 11.3. The van der Waals surface area contributed by atoms with E-state index in [0.29, 0.717) is 31.6 Å². The summed E-state index contributed by atoms with van der Waals surface area (Å²) in [5, 5.41) is 14.0. The maximum atomic E-state index is 12.3. The van der Waals surface area contributed by atoms with E-state index < -0.39 is 17.6 Å². The van der Waals surface area contributed by atoms with Crippen molar-refractivity contribution in [3.8, 4) is 0 Å². The standard InChI is InChI=1S/C13H16F3N3O2/c14-13(15,16)9-18-7-5-10(6-8-18)17-11-3-1-2-4-12(11)19(20)21/h1-4,10,17H,5-9H2. The summed E-state index contributed by atoms with van der Waals surface area (Å²) >= 11 is 0. The summed E-state index contributed by atoms with van der Waals surface area (Å²) in [6.07, 6.45) is -3.12. The van der Waals surface area contributed by atoms with Crippen molar-refractivity contribution in [3.05, 3.63) is 34.4 Å². The molecule has 0 aliphatic carbocycles. The maximum absolute atomic E-state index is 12.3. The van der Waals surface area contributed by atoms with Crippen LogP contribution in [0.4, 0.5) is 24.5 Å². The van der Waals surface area contributed by atoms with E-state index in [9.17, 15) is 23.3 Å². The van der Waals surface area contributed by atoms with Gasteiger partial charge >= 0.3 is 6.18 Å². The van der Waals surface area contributed by atoms with Crippen molar-refractivity contribution in [2.45, 2.75) is 25.1 Å². The summed E-state index contributed by atoms with van der Waals surface area (Å²) in [4.78, 5) is 11.8. The van der Waals surface area contributed by atoms with Crippen molar-refractivity contribution in [2.24, 2.45) is 0 Å². The second kappa shape index (κ2) is 6.30. The van der Waals surface area contributed by atoms with Gasteiger partial charge in [-0.25, -0.2) is 0 Å². The zero-order chi connectivity index (χ0) is 15.5. The highest BCUT2D eigenvalue weighted by atomic mass is 19.4. The molecule has 1 aromatic carbocycles. The van der Waals surface area contributed by atoms with E-state index in [1.165, 1.54) is 11.0 Å². The van der Waals surface area contributed by atoms with Gasteiger partial charge in [-0.2, -0.15) is 13.2 Å². The van der Waals surface area contributed by atoms with Gasteiger partial charge < -0.3 is 5.32 Å². The first-order valence-corrected chi connectivity index (χ1v) is 6.64. The number of rotatable bonds is 4. The van der Waals surface area contributed by atoms with Crippen molar-refractivity contribution in [2.75, 3.05) is 25.0 Å². The van der Waals surface area contributed by atoms with Crippen molar-refractivity contribution < 1.29 is 18.1 Å². The van der Waals surface area contributed by atoms with E-state index >= 15 is 0 Å². The van der Waals surface area contributed by atoms with Crippen LogP contribution in [0.5, 0.6) is 0 Å². The van der Waals surface area contributed by atoms with Crippen LogP contribution < -0.4 is 5.32 Å². The summed E-state index contributed by atoms with van der Waals surface area (Å²) in [7, 11) is 0. The smallest absolute Gasteiger partial charge is 0.377 e. The summed E-state index contributed by atoms with van der Waals surface area (Å²) < 4.78 is 36.9. The molecule has 0 unspecified atom stereocenters.